The van der Waals surface area contributed by atoms with Crippen LogP contribution in [0.2, 0.25) is 0 Å². The molecule has 0 bridgehead atoms. The van der Waals surface area contributed by atoms with Crippen LogP contribution in [0.25, 0.3) is 0 Å². The number of para-hydroxylation sites is 2. The van der Waals surface area contributed by atoms with E-state index in [-0.39, 0.29) is 18.3 Å². The maximum atomic E-state index is 11.8. The van der Waals surface area contributed by atoms with Gasteiger partial charge >= 0.3 is 0 Å². The molecule has 1 aromatic carbocycles. The summed E-state index contributed by atoms with van der Waals surface area (Å²) in [6.07, 6.45) is 0. The molecule has 21 heavy (non-hydrogen) atoms. The van der Waals surface area contributed by atoms with Crippen molar-refractivity contribution in [3.63, 3.8) is 0 Å². The second-order valence-electron chi connectivity index (χ2n) is 4.80. The van der Waals surface area contributed by atoms with Gasteiger partial charge in [-0.05, 0) is 26.1 Å². The fourth-order valence-corrected chi connectivity index (χ4v) is 2.46. The minimum atomic E-state index is 0. The number of anilines is 1. The van der Waals surface area contributed by atoms with Crippen LogP contribution in [0.1, 0.15) is 6.92 Å². The highest BCUT2D eigenvalue weighted by molar-refractivity contribution is 5.85. The largest absolute Gasteiger partial charge is 0.492 e. The molecular formula is C15H24ClN3O2. The van der Waals surface area contributed by atoms with Crippen molar-refractivity contribution in [2.45, 2.75) is 6.92 Å². The molecule has 5 nitrogen and oxygen atoms in total. The van der Waals surface area contributed by atoms with E-state index >= 15 is 0 Å². The summed E-state index contributed by atoms with van der Waals surface area (Å²) in [5, 5.41) is 2.91. The minimum Gasteiger partial charge on any atom is -0.492 e. The van der Waals surface area contributed by atoms with Crippen LogP contribution < -0.4 is 15.0 Å². The van der Waals surface area contributed by atoms with Gasteiger partial charge in [0.05, 0.1) is 18.8 Å². The summed E-state index contributed by atoms with van der Waals surface area (Å²) in [5.41, 5.74) is 1.12. The monoisotopic (exact) mass is 313 g/mol. The van der Waals surface area contributed by atoms with Crippen molar-refractivity contribution in [1.29, 1.82) is 0 Å². The van der Waals surface area contributed by atoms with Crippen LogP contribution in [0.5, 0.6) is 5.75 Å². The van der Waals surface area contributed by atoms with Gasteiger partial charge in [-0.3, -0.25) is 4.79 Å². The molecule has 0 aliphatic carbocycles. The summed E-state index contributed by atoms with van der Waals surface area (Å²) in [5.74, 6) is 1.09. The second-order valence-corrected chi connectivity index (χ2v) is 4.80. The van der Waals surface area contributed by atoms with Crippen molar-refractivity contribution in [2.75, 3.05) is 51.3 Å². The number of carbonyl (C=O) groups excluding carboxylic acids is 1. The Balaban J connectivity index is 0.00000220. The molecule has 2 rings (SSSR count). The zero-order valence-electron chi connectivity index (χ0n) is 12.7. The van der Waals surface area contributed by atoms with Crippen molar-refractivity contribution in [1.82, 2.24) is 10.2 Å². The number of amides is 1. The number of nitrogens with zero attached hydrogens (tertiary/aromatic N) is 2. The number of piperazine rings is 1. The van der Waals surface area contributed by atoms with Crippen LogP contribution in [0.3, 0.4) is 0 Å². The Labute approximate surface area is 132 Å². The molecule has 1 aliphatic rings. The molecule has 0 radical (unpaired) electrons. The smallest absolute Gasteiger partial charge is 0.236 e. The normalized spacial score (nSPS) is 14.6. The van der Waals surface area contributed by atoms with Crippen molar-refractivity contribution in [3.8, 4) is 5.75 Å². The molecule has 0 saturated carbocycles. The number of carbonyl (C=O) groups is 1. The van der Waals surface area contributed by atoms with Crippen molar-refractivity contribution >= 4 is 24.0 Å². The lowest BCUT2D eigenvalue weighted by Gasteiger charge is -2.36. The number of hydrogen-bond acceptors (Lipinski definition) is 4. The summed E-state index contributed by atoms with van der Waals surface area (Å²) in [6.45, 7) is 6.29. The van der Waals surface area contributed by atoms with E-state index in [1.165, 1.54) is 0 Å². The summed E-state index contributed by atoms with van der Waals surface area (Å²) < 4.78 is 5.67. The zero-order valence-corrected chi connectivity index (χ0v) is 13.5. The van der Waals surface area contributed by atoms with Crippen LogP contribution in [0.15, 0.2) is 24.3 Å². The summed E-state index contributed by atoms with van der Waals surface area (Å²) in [7, 11) is 1.80. The van der Waals surface area contributed by atoms with Gasteiger partial charge in [0.2, 0.25) is 5.91 Å². The lowest BCUT2D eigenvalue weighted by Crippen LogP contribution is -2.50. The molecular weight excluding hydrogens is 290 g/mol. The summed E-state index contributed by atoms with van der Waals surface area (Å²) in [6, 6.07) is 8.09. The minimum absolute atomic E-state index is 0. The molecule has 1 fully saturated rings. The maximum Gasteiger partial charge on any atom is 0.236 e. The van der Waals surface area contributed by atoms with E-state index in [1.807, 2.05) is 30.0 Å². The average Bonchev–Trinajstić information content (AvgIpc) is 2.49. The van der Waals surface area contributed by atoms with Crippen molar-refractivity contribution in [2.24, 2.45) is 0 Å². The molecule has 0 aromatic heterocycles. The number of benzene rings is 1. The summed E-state index contributed by atoms with van der Waals surface area (Å²) in [4.78, 5) is 16.0. The first-order valence-corrected chi connectivity index (χ1v) is 7.15. The Bertz CT molecular complexity index is 448. The average molecular weight is 314 g/mol. The molecule has 0 atom stereocenters. The first-order chi connectivity index (χ1) is 9.76. The SMILES string of the molecule is CCOc1ccccc1N1CCN(C(=O)CNC)CC1.Cl. The standard InChI is InChI=1S/C15H23N3O2.ClH/c1-3-20-14-7-5-4-6-13(14)17-8-10-18(11-9-17)15(19)12-16-2;/h4-7,16H,3,8-12H2,1-2H3;1H. The third kappa shape index (κ3) is 4.51. The van der Waals surface area contributed by atoms with E-state index in [2.05, 4.69) is 16.3 Å². The van der Waals surface area contributed by atoms with Gasteiger partial charge in [0, 0.05) is 26.2 Å². The highest BCUT2D eigenvalue weighted by atomic mass is 35.5. The number of hydrogen-bond donors (Lipinski definition) is 1. The quantitative estimate of drug-likeness (QED) is 0.892. The number of nitrogens with one attached hydrogen (secondary N) is 1. The van der Waals surface area contributed by atoms with Crippen LogP contribution in [0, 0.1) is 0 Å². The molecule has 1 amide bonds. The van der Waals surface area contributed by atoms with Gasteiger partial charge in [0.15, 0.2) is 0 Å². The molecule has 0 spiro atoms. The maximum absolute atomic E-state index is 11.8. The van der Waals surface area contributed by atoms with Gasteiger partial charge in [-0.25, -0.2) is 0 Å². The molecule has 1 N–H and O–H groups in total. The number of rotatable bonds is 5. The first kappa shape index (κ1) is 17.6. The Morgan fingerprint density at radius 1 is 1.24 bits per heavy atom. The highest BCUT2D eigenvalue weighted by Crippen LogP contribution is 2.28. The fourth-order valence-electron chi connectivity index (χ4n) is 2.46. The van der Waals surface area contributed by atoms with Gasteiger partial charge in [0.25, 0.3) is 0 Å². The Kier molecular flexibility index (Phi) is 7.32. The van der Waals surface area contributed by atoms with Crippen molar-refractivity contribution < 1.29 is 9.53 Å². The van der Waals surface area contributed by atoms with Crippen LogP contribution in [-0.4, -0.2) is 57.2 Å². The van der Waals surface area contributed by atoms with Gasteiger partial charge in [-0.2, -0.15) is 0 Å². The third-order valence-corrected chi connectivity index (χ3v) is 3.47. The topological polar surface area (TPSA) is 44.8 Å². The van der Waals surface area contributed by atoms with Crippen LogP contribution >= 0.6 is 12.4 Å². The van der Waals surface area contributed by atoms with Crippen LogP contribution in [0.4, 0.5) is 5.69 Å². The third-order valence-electron chi connectivity index (χ3n) is 3.47. The molecule has 1 heterocycles. The van der Waals surface area contributed by atoms with E-state index < -0.39 is 0 Å². The predicted molar refractivity (Wildman–Crippen MR) is 87.6 cm³/mol. The zero-order chi connectivity index (χ0) is 14.4. The highest BCUT2D eigenvalue weighted by Gasteiger charge is 2.22. The van der Waals surface area contributed by atoms with E-state index in [0.29, 0.717) is 13.2 Å². The number of halogens is 1. The van der Waals surface area contributed by atoms with Gasteiger partial charge in [0.1, 0.15) is 5.75 Å². The molecule has 1 aromatic rings. The Morgan fingerprint density at radius 3 is 2.52 bits per heavy atom. The Hall–Kier alpha value is -1.46. The van der Waals surface area contributed by atoms with E-state index in [0.717, 1.165) is 37.6 Å². The molecule has 1 saturated heterocycles. The lowest BCUT2D eigenvalue weighted by atomic mass is 10.2. The molecule has 0 unspecified atom stereocenters. The number of ether oxygens (including phenoxy) is 1. The molecule has 1 aliphatic heterocycles. The van der Waals surface area contributed by atoms with Gasteiger partial charge in [-0.1, -0.05) is 12.1 Å². The van der Waals surface area contributed by atoms with Gasteiger partial charge < -0.3 is 19.9 Å². The molecule has 6 heteroatoms. The van der Waals surface area contributed by atoms with E-state index in [1.54, 1.807) is 7.05 Å². The first-order valence-electron chi connectivity index (χ1n) is 7.15. The predicted octanol–water partition coefficient (Wildman–Crippen LogP) is 1.38. The number of likely N-dealkylation sites (N-methyl/N-ethyl adjacent to an activating group) is 1. The van der Waals surface area contributed by atoms with Crippen LogP contribution in [-0.2, 0) is 4.79 Å². The van der Waals surface area contributed by atoms with Crippen molar-refractivity contribution in [3.05, 3.63) is 24.3 Å². The molecule has 118 valence electrons. The fraction of sp³-hybridized carbons (Fsp3) is 0.533. The van der Waals surface area contributed by atoms with E-state index in [9.17, 15) is 4.79 Å². The Morgan fingerprint density at radius 2 is 1.90 bits per heavy atom. The van der Waals surface area contributed by atoms with Gasteiger partial charge in [-0.15, -0.1) is 12.4 Å². The summed E-state index contributed by atoms with van der Waals surface area (Å²) >= 11 is 0. The second kappa shape index (κ2) is 8.74. The lowest BCUT2D eigenvalue weighted by molar-refractivity contribution is -0.130. The van der Waals surface area contributed by atoms with E-state index in [4.69, 9.17) is 4.74 Å².